The highest BCUT2D eigenvalue weighted by Gasteiger charge is 2.53. The molecule has 4 atom stereocenters. The van der Waals surface area contributed by atoms with Gasteiger partial charge in [-0.2, -0.15) is 0 Å². The van der Waals surface area contributed by atoms with Crippen LogP contribution in [-0.2, 0) is 41.7 Å². The number of nitrogens with zero attached hydrogens (tertiary/aromatic N) is 1. The predicted molar refractivity (Wildman–Crippen MR) is 139 cm³/mol. The number of piperidine rings is 1. The maximum absolute atomic E-state index is 13.6. The lowest BCUT2D eigenvalue weighted by Crippen LogP contribution is -2.66. The second-order valence-electron chi connectivity index (χ2n) is 9.73. The van der Waals surface area contributed by atoms with Gasteiger partial charge in [0.05, 0.1) is 45.1 Å². The van der Waals surface area contributed by atoms with Crippen LogP contribution >= 0.6 is 0 Å². The molecule has 2 aliphatic rings. The molecule has 39 heavy (non-hydrogen) atoms. The first-order valence-corrected chi connectivity index (χ1v) is 13.3. The normalized spacial score (nSPS) is 22.2. The summed E-state index contributed by atoms with van der Waals surface area (Å²) in [7, 11) is 0. The average molecular weight is 544 g/mol. The summed E-state index contributed by atoms with van der Waals surface area (Å²) in [6.45, 7) is 2.92. The van der Waals surface area contributed by atoms with Crippen LogP contribution in [0, 0.1) is 0 Å². The fourth-order valence-electron chi connectivity index (χ4n) is 5.05. The molecule has 2 aliphatic heterocycles. The van der Waals surface area contributed by atoms with Gasteiger partial charge in [-0.3, -0.25) is 4.90 Å². The summed E-state index contributed by atoms with van der Waals surface area (Å²) in [6, 6.07) is 17.1. The van der Waals surface area contributed by atoms with Gasteiger partial charge in [-0.05, 0) is 24.5 Å². The Morgan fingerprint density at radius 1 is 0.949 bits per heavy atom. The van der Waals surface area contributed by atoms with Gasteiger partial charge in [-0.25, -0.2) is 9.59 Å². The van der Waals surface area contributed by atoms with Crippen LogP contribution in [0.2, 0.25) is 0 Å². The van der Waals surface area contributed by atoms with Crippen LogP contribution in [0.1, 0.15) is 37.3 Å². The average Bonchev–Trinajstić information content (AvgIpc) is 2.96. The topological polar surface area (TPSA) is 124 Å². The second kappa shape index (κ2) is 13.9. The summed E-state index contributed by atoms with van der Waals surface area (Å²) in [5.74, 6) is -2.10. The van der Waals surface area contributed by atoms with Crippen molar-refractivity contribution in [2.24, 2.45) is 0 Å². The first-order chi connectivity index (χ1) is 18.9. The van der Waals surface area contributed by atoms with Gasteiger partial charge in [0.25, 0.3) is 0 Å². The number of rotatable bonds is 10. The Bertz CT molecular complexity index is 1050. The maximum atomic E-state index is 13.6. The third kappa shape index (κ3) is 7.55. The Morgan fingerprint density at radius 2 is 1.56 bits per heavy atom. The van der Waals surface area contributed by atoms with Gasteiger partial charge in [0.2, 0.25) is 0 Å². The number of hydrogen-bond acceptors (Lipinski definition) is 9. The van der Waals surface area contributed by atoms with Crippen LogP contribution in [-0.4, -0.2) is 83.7 Å². The highest BCUT2D eigenvalue weighted by atomic mass is 16.7. The number of esters is 1. The summed E-state index contributed by atoms with van der Waals surface area (Å²) >= 11 is 0. The lowest BCUT2D eigenvalue weighted by molar-refractivity contribution is -0.302. The summed E-state index contributed by atoms with van der Waals surface area (Å²) in [5, 5.41) is 21.9. The van der Waals surface area contributed by atoms with E-state index >= 15 is 0 Å². The highest BCUT2D eigenvalue weighted by molar-refractivity contribution is 5.75. The first-order valence-electron chi connectivity index (χ1n) is 13.3. The molecule has 4 rings (SSSR count). The van der Waals surface area contributed by atoms with Crippen molar-refractivity contribution < 1.29 is 43.5 Å². The molecule has 2 heterocycles. The van der Waals surface area contributed by atoms with Gasteiger partial charge in [0.15, 0.2) is 11.9 Å². The molecule has 2 aromatic carbocycles. The Kier molecular flexibility index (Phi) is 10.3. The van der Waals surface area contributed by atoms with Crippen LogP contribution in [0.3, 0.4) is 0 Å². The maximum Gasteiger partial charge on any atom is 0.410 e. The van der Waals surface area contributed by atoms with E-state index in [4.69, 9.17) is 23.7 Å². The van der Waals surface area contributed by atoms with Crippen molar-refractivity contribution >= 4 is 12.1 Å². The molecule has 2 fully saturated rings. The molecule has 2 N–H and O–H groups in total. The van der Waals surface area contributed by atoms with E-state index in [0.717, 1.165) is 11.1 Å². The number of carbonyl (C=O) groups excluding carboxylic acids is 2. The molecule has 10 nitrogen and oxygen atoms in total. The Hall–Kier alpha value is -3.02. The molecular weight excluding hydrogens is 506 g/mol. The van der Waals surface area contributed by atoms with Gasteiger partial charge in [0.1, 0.15) is 12.7 Å². The Balaban J connectivity index is 1.59. The van der Waals surface area contributed by atoms with E-state index in [9.17, 15) is 19.8 Å². The van der Waals surface area contributed by atoms with Crippen molar-refractivity contribution in [1.29, 1.82) is 0 Å². The second-order valence-corrected chi connectivity index (χ2v) is 9.73. The Labute approximate surface area is 228 Å². The van der Waals surface area contributed by atoms with E-state index in [1.807, 2.05) is 60.7 Å². The van der Waals surface area contributed by atoms with Crippen molar-refractivity contribution in [1.82, 2.24) is 4.90 Å². The summed E-state index contributed by atoms with van der Waals surface area (Å²) in [5.41, 5.74) is 1.75. The van der Waals surface area contributed by atoms with Crippen LogP contribution in [0.15, 0.2) is 60.7 Å². The molecule has 0 aliphatic carbocycles. The standard InChI is InChI=1S/C29H37NO9/c1-2-36-27(33)26(32)25(31)24-17-29(38-14-9-15-39-29)16-23(20-35-18-21-10-5-3-6-11-21)30(24)28(34)37-19-22-12-7-4-8-13-22/h3-8,10-13,23-26,31-32H,2,9,14-20H2,1H3/t23-,24+,25-,26+/m0/s1. The summed E-state index contributed by atoms with van der Waals surface area (Å²) in [6.07, 6.45) is -3.28. The number of benzene rings is 2. The van der Waals surface area contributed by atoms with E-state index in [0.29, 0.717) is 26.2 Å². The van der Waals surface area contributed by atoms with E-state index in [-0.39, 0.29) is 32.7 Å². The monoisotopic (exact) mass is 543 g/mol. The van der Waals surface area contributed by atoms with Crippen molar-refractivity contribution in [3.8, 4) is 0 Å². The zero-order chi connectivity index (χ0) is 27.7. The number of likely N-dealkylation sites (tertiary alicyclic amines) is 1. The molecule has 212 valence electrons. The third-order valence-electron chi connectivity index (χ3n) is 6.92. The molecule has 0 saturated carbocycles. The Morgan fingerprint density at radius 3 is 2.18 bits per heavy atom. The molecule has 2 aromatic rings. The molecule has 10 heteroatoms. The SMILES string of the molecule is CCOC(=O)[C@H](O)[C@@H](O)[C@H]1CC2(C[C@@H](COCc3ccccc3)N1C(=O)OCc1ccccc1)OCCCO2. The van der Waals surface area contributed by atoms with E-state index < -0.39 is 42.1 Å². The van der Waals surface area contributed by atoms with Gasteiger partial charge < -0.3 is 33.9 Å². The summed E-state index contributed by atoms with van der Waals surface area (Å²) in [4.78, 5) is 27.3. The fraction of sp³-hybridized carbons (Fsp3) is 0.517. The number of hydrogen-bond donors (Lipinski definition) is 2. The molecule has 0 unspecified atom stereocenters. The molecule has 0 radical (unpaired) electrons. The van der Waals surface area contributed by atoms with Crippen LogP contribution in [0.25, 0.3) is 0 Å². The highest BCUT2D eigenvalue weighted by Crippen LogP contribution is 2.39. The molecule has 0 bridgehead atoms. The van der Waals surface area contributed by atoms with Gasteiger partial charge in [-0.1, -0.05) is 60.7 Å². The zero-order valence-corrected chi connectivity index (χ0v) is 22.1. The minimum Gasteiger partial charge on any atom is -0.464 e. The smallest absolute Gasteiger partial charge is 0.410 e. The number of ether oxygens (including phenoxy) is 5. The largest absolute Gasteiger partial charge is 0.464 e. The number of aliphatic hydroxyl groups is 2. The number of amides is 1. The lowest BCUT2D eigenvalue weighted by Gasteiger charge is -2.52. The zero-order valence-electron chi connectivity index (χ0n) is 22.1. The van der Waals surface area contributed by atoms with Crippen molar-refractivity contribution in [3.63, 3.8) is 0 Å². The fourth-order valence-corrected chi connectivity index (χ4v) is 5.05. The van der Waals surface area contributed by atoms with Gasteiger partial charge in [0, 0.05) is 12.8 Å². The van der Waals surface area contributed by atoms with E-state index in [1.165, 1.54) is 4.90 Å². The first kappa shape index (κ1) is 29.0. The molecule has 1 amide bonds. The third-order valence-corrected chi connectivity index (χ3v) is 6.92. The predicted octanol–water partition coefficient (Wildman–Crippen LogP) is 2.79. The van der Waals surface area contributed by atoms with Gasteiger partial charge in [-0.15, -0.1) is 0 Å². The van der Waals surface area contributed by atoms with Crippen LogP contribution < -0.4 is 0 Å². The van der Waals surface area contributed by atoms with Crippen LogP contribution in [0.5, 0.6) is 0 Å². The van der Waals surface area contributed by atoms with Gasteiger partial charge >= 0.3 is 12.1 Å². The molecule has 0 aromatic heterocycles. The minimum atomic E-state index is -1.89. The van der Waals surface area contributed by atoms with Crippen molar-refractivity contribution in [2.75, 3.05) is 26.4 Å². The number of aliphatic hydroxyl groups excluding tert-OH is 2. The van der Waals surface area contributed by atoms with Crippen molar-refractivity contribution in [2.45, 2.75) is 69.5 Å². The molecule has 1 spiro atoms. The van der Waals surface area contributed by atoms with Crippen LogP contribution in [0.4, 0.5) is 4.79 Å². The quantitative estimate of drug-likeness (QED) is 0.435. The molecular formula is C29H37NO9. The van der Waals surface area contributed by atoms with E-state index in [1.54, 1.807) is 6.92 Å². The number of carbonyl (C=O) groups is 2. The van der Waals surface area contributed by atoms with E-state index in [2.05, 4.69) is 0 Å². The van der Waals surface area contributed by atoms with Crippen molar-refractivity contribution in [3.05, 3.63) is 71.8 Å². The lowest BCUT2D eigenvalue weighted by atomic mass is 9.85. The summed E-state index contributed by atoms with van der Waals surface area (Å²) < 4.78 is 28.7. The molecule has 2 saturated heterocycles. The minimum absolute atomic E-state index is 0.00908.